The lowest BCUT2D eigenvalue weighted by molar-refractivity contribution is -0.126. The Morgan fingerprint density at radius 1 is 1.10 bits per heavy atom. The Labute approximate surface area is 173 Å². The molecule has 1 aliphatic heterocycles. The van der Waals surface area contributed by atoms with Crippen molar-refractivity contribution in [2.24, 2.45) is 5.92 Å². The molecule has 1 saturated heterocycles. The van der Waals surface area contributed by atoms with E-state index in [-0.39, 0.29) is 17.9 Å². The first-order chi connectivity index (χ1) is 13.7. The lowest BCUT2D eigenvalue weighted by Crippen LogP contribution is -2.43. The van der Waals surface area contributed by atoms with Crippen LogP contribution in [0.5, 0.6) is 0 Å². The summed E-state index contributed by atoms with van der Waals surface area (Å²) in [4.78, 5) is 17.1. The number of aromatic nitrogens is 1. The van der Waals surface area contributed by atoms with E-state index in [1.165, 1.54) is 4.31 Å². The van der Waals surface area contributed by atoms with Crippen LogP contribution in [0.2, 0.25) is 0 Å². The molecule has 2 aromatic rings. The molecule has 1 amide bonds. The number of carbonyl (C=O) groups is 1. The fourth-order valence-corrected chi connectivity index (χ4v) is 6.01. The topological polar surface area (TPSA) is 79.4 Å². The maximum Gasteiger partial charge on any atom is 0.243 e. The standard InChI is InChI=1S/C22H29N3O3S/c1-15-13-16(2)21(17(3)14-15)29(27,28)25-11-7-20(8-12-25)22(26)24-18(4)19-5-9-23-10-6-19/h5-6,9-10,13-14,18,20H,7-8,11-12H2,1-4H3,(H,24,26). The molecule has 0 spiro atoms. The Kier molecular flexibility index (Phi) is 6.39. The van der Waals surface area contributed by atoms with E-state index >= 15 is 0 Å². The average Bonchev–Trinajstić information content (AvgIpc) is 2.67. The zero-order valence-electron chi connectivity index (χ0n) is 17.5. The van der Waals surface area contributed by atoms with Crippen molar-refractivity contribution in [2.45, 2.75) is 51.5 Å². The zero-order chi connectivity index (χ0) is 21.2. The predicted molar refractivity (Wildman–Crippen MR) is 113 cm³/mol. The lowest BCUT2D eigenvalue weighted by Gasteiger charge is -2.32. The molecule has 3 rings (SSSR count). The molecule has 1 unspecified atom stereocenters. The number of piperidine rings is 1. The van der Waals surface area contributed by atoms with Crippen LogP contribution in [0.25, 0.3) is 0 Å². The van der Waals surface area contributed by atoms with Gasteiger partial charge in [0, 0.05) is 31.4 Å². The summed E-state index contributed by atoms with van der Waals surface area (Å²) in [5.74, 6) is -0.194. The largest absolute Gasteiger partial charge is 0.349 e. The number of aryl methyl sites for hydroxylation is 3. The first-order valence-electron chi connectivity index (χ1n) is 9.98. The van der Waals surface area contributed by atoms with Crippen LogP contribution in [0, 0.1) is 26.7 Å². The summed E-state index contributed by atoms with van der Waals surface area (Å²) in [5.41, 5.74) is 3.60. The summed E-state index contributed by atoms with van der Waals surface area (Å²) in [7, 11) is -3.56. The summed E-state index contributed by atoms with van der Waals surface area (Å²) in [5, 5.41) is 3.04. The van der Waals surface area contributed by atoms with E-state index in [0.717, 1.165) is 22.3 Å². The maximum absolute atomic E-state index is 13.2. The quantitative estimate of drug-likeness (QED) is 0.813. The predicted octanol–water partition coefficient (Wildman–Crippen LogP) is 3.28. The highest BCUT2D eigenvalue weighted by molar-refractivity contribution is 7.89. The third kappa shape index (κ3) is 4.67. The van der Waals surface area contributed by atoms with Crippen molar-refractivity contribution in [3.05, 3.63) is 58.9 Å². The Morgan fingerprint density at radius 3 is 2.21 bits per heavy atom. The summed E-state index contributed by atoms with van der Waals surface area (Å²) >= 11 is 0. The van der Waals surface area contributed by atoms with E-state index in [4.69, 9.17) is 0 Å². The molecular formula is C22H29N3O3S. The molecular weight excluding hydrogens is 386 g/mol. The molecule has 29 heavy (non-hydrogen) atoms. The molecule has 2 heterocycles. The number of nitrogens with one attached hydrogen (secondary N) is 1. The summed E-state index contributed by atoms with van der Waals surface area (Å²) in [6.07, 6.45) is 4.46. The fourth-order valence-electron chi connectivity index (χ4n) is 4.13. The van der Waals surface area contributed by atoms with Crippen molar-refractivity contribution in [2.75, 3.05) is 13.1 Å². The fraction of sp³-hybridized carbons (Fsp3) is 0.455. The Balaban J connectivity index is 1.65. The van der Waals surface area contributed by atoms with Crippen molar-refractivity contribution < 1.29 is 13.2 Å². The van der Waals surface area contributed by atoms with Gasteiger partial charge in [0.15, 0.2) is 0 Å². The third-order valence-electron chi connectivity index (χ3n) is 5.59. The van der Waals surface area contributed by atoms with Crippen LogP contribution in [-0.2, 0) is 14.8 Å². The van der Waals surface area contributed by atoms with Crippen molar-refractivity contribution in [3.63, 3.8) is 0 Å². The lowest BCUT2D eigenvalue weighted by atomic mass is 9.96. The second-order valence-electron chi connectivity index (χ2n) is 7.92. The molecule has 1 aliphatic rings. The van der Waals surface area contributed by atoms with Crippen LogP contribution in [0.3, 0.4) is 0 Å². The number of nitrogens with zero attached hydrogens (tertiary/aromatic N) is 2. The SMILES string of the molecule is Cc1cc(C)c(S(=O)(=O)N2CCC(C(=O)NC(C)c3ccncc3)CC2)c(C)c1. The minimum absolute atomic E-state index is 0.0194. The van der Waals surface area contributed by atoms with Crippen LogP contribution < -0.4 is 5.32 Å². The molecule has 0 aliphatic carbocycles. The number of hydrogen-bond donors (Lipinski definition) is 1. The summed E-state index contributed by atoms with van der Waals surface area (Å²) in [6, 6.07) is 7.46. The average molecular weight is 416 g/mol. The van der Waals surface area contributed by atoms with Crippen LogP contribution in [0.4, 0.5) is 0 Å². The second kappa shape index (κ2) is 8.63. The van der Waals surface area contributed by atoms with Crippen molar-refractivity contribution >= 4 is 15.9 Å². The van der Waals surface area contributed by atoms with Gasteiger partial charge >= 0.3 is 0 Å². The van der Waals surface area contributed by atoms with Crippen LogP contribution >= 0.6 is 0 Å². The molecule has 1 fully saturated rings. The number of benzene rings is 1. The molecule has 1 aromatic carbocycles. The van der Waals surface area contributed by atoms with E-state index in [0.29, 0.717) is 30.8 Å². The molecule has 0 bridgehead atoms. The van der Waals surface area contributed by atoms with Gasteiger partial charge in [-0.1, -0.05) is 17.7 Å². The minimum Gasteiger partial charge on any atom is -0.349 e. The number of sulfonamides is 1. The van der Waals surface area contributed by atoms with Gasteiger partial charge in [0.25, 0.3) is 0 Å². The van der Waals surface area contributed by atoms with Gasteiger partial charge in [-0.05, 0) is 69.4 Å². The van der Waals surface area contributed by atoms with E-state index < -0.39 is 10.0 Å². The molecule has 7 heteroatoms. The Bertz CT molecular complexity index is 959. The van der Waals surface area contributed by atoms with Crippen molar-refractivity contribution in [3.8, 4) is 0 Å². The van der Waals surface area contributed by atoms with Gasteiger partial charge < -0.3 is 5.32 Å². The highest BCUT2D eigenvalue weighted by Crippen LogP contribution is 2.29. The molecule has 0 radical (unpaired) electrons. The smallest absolute Gasteiger partial charge is 0.243 e. The van der Waals surface area contributed by atoms with Crippen molar-refractivity contribution in [1.82, 2.24) is 14.6 Å². The van der Waals surface area contributed by atoms with Gasteiger partial charge in [-0.25, -0.2) is 8.42 Å². The number of hydrogen-bond acceptors (Lipinski definition) is 4. The third-order valence-corrected chi connectivity index (χ3v) is 7.80. The van der Waals surface area contributed by atoms with E-state index in [9.17, 15) is 13.2 Å². The van der Waals surface area contributed by atoms with Crippen molar-refractivity contribution in [1.29, 1.82) is 0 Å². The van der Waals surface area contributed by atoms with E-state index in [2.05, 4.69) is 10.3 Å². The van der Waals surface area contributed by atoms with E-state index in [1.807, 2.05) is 52.0 Å². The summed E-state index contributed by atoms with van der Waals surface area (Å²) < 4.78 is 27.9. The van der Waals surface area contributed by atoms with Gasteiger partial charge in [0.2, 0.25) is 15.9 Å². The van der Waals surface area contributed by atoms with Gasteiger partial charge in [-0.3, -0.25) is 9.78 Å². The number of pyridine rings is 1. The number of amides is 1. The van der Waals surface area contributed by atoms with Crippen LogP contribution in [0.1, 0.15) is 48.1 Å². The zero-order valence-corrected chi connectivity index (χ0v) is 18.3. The normalized spacial score (nSPS) is 17.1. The highest BCUT2D eigenvalue weighted by atomic mass is 32.2. The minimum atomic E-state index is -3.56. The Morgan fingerprint density at radius 2 is 1.66 bits per heavy atom. The first-order valence-corrected chi connectivity index (χ1v) is 11.4. The van der Waals surface area contributed by atoms with Gasteiger partial charge in [0.05, 0.1) is 10.9 Å². The molecule has 1 atom stereocenters. The number of rotatable bonds is 5. The molecule has 156 valence electrons. The Hall–Kier alpha value is -2.25. The number of carbonyl (C=O) groups excluding carboxylic acids is 1. The first kappa shape index (κ1) is 21.5. The highest BCUT2D eigenvalue weighted by Gasteiger charge is 2.34. The molecule has 0 saturated carbocycles. The molecule has 1 N–H and O–H groups in total. The second-order valence-corrected chi connectivity index (χ2v) is 9.79. The van der Waals surface area contributed by atoms with Crippen LogP contribution in [-0.4, -0.2) is 36.7 Å². The summed E-state index contributed by atoms with van der Waals surface area (Å²) in [6.45, 7) is 8.30. The molecule has 6 nitrogen and oxygen atoms in total. The van der Waals surface area contributed by atoms with Gasteiger partial charge in [-0.15, -0.1) is 0 Å². The van der Waals surface area contributed by atoms with E-state index in [1.54, 1.807) is 12.4 Å². The monoisotopic (exact) mass is 415 g/mol. The van der Waals surface area contributed by atoms with Gasteiger partial charge in [0.1, 0.15) is 0 Å². The van der Waals surface area contributed by atoms with Crippen LogP contribution in [0.15, 0.2) is 41.6 Å². The maximum atomic E-state index is 13.2. The van der Waals surface area contributed by atoms with Gasteiger partial charge in [-0.2, -0.15) is 4.31 Å². The molecule has 1 aromatic heterocycles.